The summed E-state index contributed by atoms with van der Waals surface area (Å²) < 4.78 is 2.06. The topological polar surface area (TPSA) is 29.9 Å². The molecule has 2 rings (SSSR count). The molecule has 0 aliphatic carbocycles. The lowest BCUT2D eigenvalue weighted by Crippen LogP contribution is -2.17. The molecule has 0 radical (unpaired) electrons. The van der Waals surface area contributed by atoms with Crippen LogP contribution >= 0.6 is 0 Å². The highest BCUT2D eigenvalue weighted by Crippen LogP contribution is 2.11. The van der Waals surface area contributed by atoms with Crippen molar-refractivity contribution in [2.45, 2.75) is 19.5 Å². The summed E-state index contributed by atoms with van der Waals surface area (Å²) in [5.41, 5.74) is 2.52. The molecule has 1 N–H and O–H groups in total. The number of pyridine rings is 1. The first kappa shape index (κ1) is 10.9. The molecule has 84 valence electrons. The maximum absolute atomic E-state index is 4.12. The highest BCUT2D eigenvalue weighted by molar-refractivity contribution is 5.14. The van der Waals surface area contributed by atoms with Gasteiger partial charge >= 0.3 is 0 Å². The van der Waals surface area contributed by atoms with Gasteiger partial charge in [0.25, 0.3) is 0 Å². The molecule has 0 aliphatic heterocycles. The van der Waals surface area contributed by atoms with Crippen LogP contribution in [-0.4, -0.2) is 9.55 Å². The molecule has 2 aromatic heterocycles. The summed E-state index contributed by atoms with van der Waals surface area (Å²) in [6.07, 6.45) is 7.89. The van der Waals surface area contributed by atoms with E-state index in [0.717, 1.165) is 6.54 Å². The lowest BCUT2D eigenvalue weighted by atomic mass is 10.1. The fourth-order valence-electron chi connectivity index (χ4n) is 1.69. The zero-order valence-corrected chi connectivity index (χ0v) is 9.72. The van der Waals surface area contributed by atoms with E-state index in [1.165, 1.54) is 11.1 Å². The van der Waals surface area contributed by atoms with Crippen molar-refractivity contribution in [3.63, 3.8) is 0 Å². The highest BCUT2D eigenvalue weighted by Gasteiger charge is 2.04. The average Bonchev–Trinajstić information content (AvgIpc) is 2.73. The Morgan fingerprint density at radius 1 is 1.44 bits per heavy atom. The molecule has 0 saturated carbocycles. The van der Waals surface area contributed by atoms with Crippen LogP contribution in [0.5, 0.6) is 0 Å². The van der Waals surface area contributed by atoms with Gasteiger partial charge in [-0.3, -0.25) is 4.98 Å². The van der Waals surface area contributed by atoms with E-state index in [-0.39, 0.29) is 0 Å². The molecule has 16 heavy (non-hydrogen) atoms. The van der Waals surface area contributed by atoms with Crippen molar-refractivity contribution in [3.05, 3.63) is 54.1 Å². The Morgan fingerprint density at radius 3 is 2.94 bits per heavy atom. The standard InChI is InChI=1S/C13H17N3/c1-11(13-4-3-6-14-9-13)15-8-12-5-7-16(2)10-12/h3-7,9-11,15H,8H2,1-2H3. The van der Waals surface area contributed by atoms with Crippen LogP contribution in [0.1, 0.15) is 24.1 Å². The molecule has 0 bridgehead atoms. The first-order valence-corrected chi connectivity index (χ1v) is 5.50. The Morgan fingerprint density at radius 2 is 2.31 bits per heavy atom. The van der Waals surface area contributed by atoms with Crippen molar-refractivity contribution in [3.8, 4) is 0 Å². The maximum Gasteiger partial charge on any atom is 0.0315 e. The van der Waals surface area contributed by atoms with Gasteiger partial charge in [-0.15, -0.1) is 0 Å². The molecule has 0 aliphatic rings. The van der Waals surface area contributed by atoms with Gasteiger partial charge in [0.15, 0.2) is 0 Å². The van der Waals surface area contributed by atoms with E-state index in [9.17, 15) is 0 Å². The molecule has 0 saturated heterocycles. The largest absolute Gasteiger partial charge is 0.357 e. The smallest absolute Gasteiger partial charge is 0.0315 e. The Bertz CT molecular complexity index is 433. The van der Waals surface area contributed by atoms with Crippen molar-refractivity contribution in [2.24, 2.45) is 7.05 Å². The molecule has 2 aromatic rings. The zero-order valence-electron chi connectivity index (χ0n) is 9.72. The third-order valence-corrected chi connectivity index (χ3v) is 2.69. The Balaban J connectivity index is 1.91. The SMILES string of the molecule is CC(NCc1ccn(C)c1)c1cccnc1. The first-order valence-electron chi connectivity index (χ1n) is 5.50. The third kappa shape index (κ3) is 2.70. The van der Waals surface area contributed by atoms with Crippen molar-refractivity contribution in [1.29, 1.82) is 0 Å². The van der Waals surface area contributed by atoms with E-state index in [1.807, 2.05) is 19.3 Å². The number of aryl methyl sites for hydroxylation is 1. The number of hydrogen-bond acceptors (Lipinski definition) is 2. The molecule has 0 spiro atoms. The van der Waals surface area contributed by atoms with Gasteiger partial charge in [0, 0.05) is 44.4 Å². The summed E-state index contributed by atoms with van der Waals surface area (Å²) in [5.74, 6) is 0. The van der Waals surface area contributed by atoms with E-state index < -0.39 is 0 Å². The molecule has 1 unspecified atom stereocenters. The van der Waals surface area contributed by atoms with Crippen molar-refractivity contribution in [1.82, 2.24) is 14.9 Å². The minimum Gasteiger partial charge on any atom is -0.357 e. The maximum atomic E-state index is 4.12. The van der Waals surface area contributed by atoms with E-state index in [4.69, 9.17) is 0 Å². The van der Waals surface area contributed by atoms with Gasteiger partial charge in [-0.2, -0.15) is 0 Å². The lowest BCUT2D eigenvalue weighted by molar-refractivity contribution is 0.573. The van der Waals surface area contributed by atoms with Gasteiger partial charge in [-0.25, -0.2) is 0 Å². The Labute approximate surface area is 96.1 Å². The van der Waals surface area contributed by atoms with Gasteiger partial charge in [0.05, 0.1) is 0 Å². The van der Waals surface area contributed by atoms with Crippen LogP contribution in [0.15, 0.2) is 43.0 Å². The second-order valence-electron chi connectivity index (χ2n) is 4.07. The van der Waals surface area contributed by atoms with Gasteiger partial charge in [-0.05, 0) is 30.2 Å². The second-order valence-corrected chi connectivity index (χ2v) is 4.07. The summed E-state index contributed by atoms with van der Waals surface area (Å²) in [5, 5.41) is 3.48. The Hall–Kier alpha value is -1.61. The fraction of sp³-hybridized carbons (Fsp3) is 0.308. The first-order chi connectivity index (χ1) is 7.75. The van der Waals surface area contributed by atoms with E-state index in [0.29, 0.717) is 6.04 Å². The van der Waals surface area contributed by atoms with E-state index >= 15 is 0 Å². The quantitative estimate of drug-likeness (QED) is 0.848. The van der Waals surface area contributed by atoms with Crippen molar-refractivity contribution in [2.75, 3.05) is 0 Å². The van der Waals surface area contributed by atoms with Gasteiger partial charge < -0.3 is 9.88 Å². The minimum atomic E-state index is 0.328. The number of hydrogen-bond donors (Lipinski definition) is 1. The molecule has 0 fully saturated rings. The molecule has 2 heterocycles. The lowest BCUT2D eigenvalue weighted by Gasteiger charge is -2.12. The summed E-state index contributed by atoms with van der Waals surface area (Å²) in [4.78, 5) is 4.12. The zero-order chi connectivity index (χ0) is 11.4. The number of aromatic nitrogens is 2. The minimum absolute atomic E-state index is 0.328. The molecule has 3 heteroatoms. The predicted octanol–water partition coefficient (Wildman–Crippen LogP) is 2.27. The second kappa shape index (κ2) is 4.94. The van der Waals surface area contributed by atoms with Crippen molar-refractivity contribution < 1.29 is 0 Å². The summed E-state index contributed by atoms with van der Waals surface area (Å²) >= 11 is 0. The van der Waals surface area contributed by atoms with Crippen LogP contribution in [0.25, 0.3) is 0 Å². The molecule has 0 aromatic carbocycles. The number of rotatable bonds is 4. The van der Waals surface area contributed by atoms with E-state index in [1.54, 1.807) is 6.20 Å². The molecule has 1 atom stereocenters. The normalized spacial score (nSPS) is 12.6. The summed E-state index contributed by atoms with van der Waals surface area (Å²) in [6.45, 7) is 3.04. The van der Waals surface area contributed by atoms with Gasteiger partial charge in [0.2, 0.25) is 0 Å². The monoisotopic (exact) mass is 215 g/mol. The predicted molar refractivity (Wildman–Crippen MR) is 64.9 cm³/mol. The summed E-state index contributed by atoms with van der Waals surface area (Å²) in [6, 6.07) is 6.52. The third-order valence-electron chi connectivity index (χ3n) is 2.69. The molecule has 3 nitrogen and oxygen atoms in total. The van der Waals surface area contributed by atoms with Crippen LogP contribution in [0.2, 0.25) is 0 Å². The fourth-order valence-corrected chi connectivity index (χ4v) is 1.69. The molecular weight excluding hydrogens is 198 g/mol. The van der Waals surface area contributed by atoms with Crippen LogP contribution in [0.4, 0.5) is 0 Å². The Kier molecular flexibility index (Phi) is 3.37. The average molecular weight is 215 g/mol. The van der Waals surface area contributed by atoms with Crippen LogP contribution in [0.3, 0.4) is 0 Å². The van der Waals surface area contributed by atoms with Gasteiger partial charge in [-0.1, -0.05) is 6.07 Å². The van der Waals surface area contributed by atoms with E-state index in [2.05, 4.69) is 46.3 Å². The van der Waals surface area contributed by atoms with Crippen LogP contribution in [0, 0.1) is 0 Å². The van der Waals surface area contributed by atoms with Crippen molar-refractivity contribution >= 4 is 0 Å². The van der Waals surface area contributed by atoms with Crippen LogP contribution < -0.4 is 5.32 Å². The molecular formula is C13H17N3. The number of nitrogens with one attached hydrogen (secondary N) is 1. The highest BCUT2D eigenvalue weighted by atomic mass is 14.9. The number of nitrogens with zero attached hydrogens (tertiary/aromatic N) is 2. The molecule has 0 amide bonds. The van der Waals surface area contributed by atoms with Gasteiger partial charge in [0.1, 0.15) is 0 Å². The van der Waals surface area contributed by atoms with Crippen LogP contribution in [-0.2, 0) is 13.6 Å². The summed E-state index contributed by atoms with van der Waals surface area (Å²) in [7, 11) is 2.04.